The molecule has 1 saturated heterocycles. The van der Waals surface area contributed by atoms with E-state index >= 15 is 0 Å². The van der Waals surface area contributed by atoms with Crippen LogP contribution in [0.3, 0.4) is 0 Å². The first-order valence-electron chi connectivity index (χ1n) is 11.2. The van der Waals surface area contributed by atoms with Gasteiger partial charge in [0.1, 0.15) is 5.76 Å². The molecular weight excluding hydrogens is 374 g/mol. The van der Waals surface area contributed by atoms with Crippen molar-refractivity contribution in [3.63, 3.8) is 0 Å². The highest BCUT2D eigenvalue weighted by Gasteiger charge is 2.21. The lowest BCUT2D eigenvalue weighted by molar-refractivity contribution is 0.164. The van der Waals surface area contributed by atoms with Gasteiger partial charge in [-0.1, -0.05) is 23.8 Å². The number of hydrogen-bond acceptors (Lipinski definition) is 4. The zero-order chi connectivity index (χ0) is 21.5. The average molecular weight is 412 g/mol. The summed E-state index contributed by atoms with van der Waals surface area (Å²) in [6.45, 7) is 15.9. The molecule has 1 aromatic heterocycles. The molecule has 1 aliphatic rings. The molecule has 0 saturated carbocycles. The minimum atomic E-state index is 0.666. The number of nitrogens with zero attached hydrogens (tertiary/aromatic N) is 3. The van der Waals surface area contributed by atoms with Crippen LogP contribution < -0.4 is 10.6 Å². The maximum absolute atomic E-state index is 5.74. The number of likely N-dealkylation sites (tertiary alicyclic amines) is 1. The summed E-state index contributed by atoms with van der Waals surface area (Å²) in [7, 11) is 0. The fourth-order valence-electron chi connectivity index (χ4n) is 3.92. The number of nitrogens with one attached hydrogen (secondary N) is 2. The van der Waals surface area contributed by atoms with Gasteiger partial charge in [-0.15, -0.1) is 0 Å². The van der Waals surface area contributed by atoms with Crippen LogP contribution in [0.5, 0.6) is 0 Å². The summed E-state index contributed by atoms with van der Waals surface area (Å²) >= 11 is 0. The lowest BCUT2D eigenvalue weighted by Gasteiger charge is -2.31. The first kappa shape index (κ1) is 22.3. The molecule has 1 fully saturated rings. The van der Waals surface area contributed by atoms with E-state index in [1.165, 1.54) is 29.5 Å². The largest absolute Gasteiger partial charge is 0.444 e. The van der Waals surface area contributed by atoms with Gasteiger partial charge < -0.3 is 15.1 Å². The number of aryl methyl sites for hydroxylation is 4. The predicted molar refractivity (Wildman–Crippen MR) is 123 cm³/mol. The molecule has 6 heteroatoms. The molecule has 6 nitrogen and oxygen atoms in total. The molecule has 0 spiro atoms. The molecule has 2 heterocycles. The van der Waals surface area contributed by atoms with Gasteiger partial charge in [0, 0.05) is 13.1 Å². The SMILES string of the molecule is CCNC(=NCc1ccc(C)cc1C)NCC1CCN(Cc2nc(C)c(C)o2)CC1. The maximum atomic E-state index is 5.74. The van der Waals surface area contributed by atoms with E-state index in [4.69, 9.17) is 9.41 Å². The number of piperidine rings is 1. The third-order valence-corrected chi connectivity index (χ3v) is 5.95. The third kappa shape index (κ3) is 6.33. The molecule has 1 aliphatic heterocycles. The summed E-state index contributed by atoms with van der Waals surface area (Å²) in [5.41, 5.74) is 4.88. The monoisotopic (exact) mass is 411 g/mol. The van der Waals surface area contributed by atoms with Gasteiger partial charge in [0.25, 0.3) is 0 Å². The molecule has 0 atom stereocenters. The number of aromatic nitrogens is 1. The second-order valence-electron chi connectivity index (χ2n) is 8.47. The molecule has 2 N–H and O–H groups in total. The van der Waals surface area contributed by atoms with Gasteiger partial charge in [-0.25, -0.2) is 9.98 Å². The first-order valence-corrected chi connectivity index (χ1v) is 11.2. The van der Waals surface area contributed by atoms with Gasteiger partial charge in [0.2, 0.25) is 5.89 Å². The Balaban J connectivity index is 1.46. The summed E-state index contributed by atoms with van der Waals surface area (Å²) in [5.74, 6) is 3.35. The number of oxazole rings is 1. The quantitative estimate of drug-likeness (QED) is 0.535. The molecule has 3 rings (SSSR count). The average Bonchev–Trinajstić information content (AvgIpc) is 3.03. The first-order chi connectivity index (χ1) is 14.4. The molecular formula is C24H37N5O. The second-order valence-corrected chi connectivity index (χ2v) is 8.47. The van der Waals surface area contributed by atoms with Gasteiger partial charge in [-0.3, -0.25) is 4.90 Å². The normalized spacial score (nSPS) is 16.1. The van der Waals surface area contributed by atoms with E-state index in [0.717, 1.165) is 56.0 Å². The van der Waals surface area contributed by atoms with Crippen molar-refractivity contribution in [1.29, 1.82) is 0 Å². The van der Waals surface area contributed by atoms with Crippen molar-refractivity contribution in [1.82, 2.24) is 20.5 Å². The summed E-state index contributed by atoms with van der Waals surface area (Å²) in [6, 6.07) is 6.57. The van der Waals surface area contributed by atoms with Crippen molar-refractivity contribution >= 4 is 5.96 Å². The summed E-state index contributed by atoms with van der Waals surface area (Å²) < 4.78 is 5.74. The molecule has 0 unspecified atom stereocenters. The number of hydrogen-bond donors (Lipinski definition) is 2. The van der Waals surface area contributed by atoms with E-state index in [1.54, 1.807) is 0 Å². The van der Waals surface area contributed by atoms with Gasteiger partial charge in [0.15, 0.2) is 5.96 Å². The maximum Gasteiger partial charge on any atom is 0.208 e. The smallest absolute Gasteiger partial charge is 0.208 e. The molecule has 0 bridgehead atoms. The Bertz CT molecular complexity index is 830. The molecule has 30 heavy (non-hydrogen) atoms. The zero-order valence-electron chi connectivity index (χ0n) is 19.2. The standard InChI is InChI=1S/C24H37N5O/c1-6-25-24(27-15-22-8-7-17(2)13-18(22)3)26-14-21-9-11-29(12-10-21)16-23-28-19(4)20(5)30-23/h7-8,13,21H,6,9-12,14-16H2,1-5H3,(H2,25,26,27). The van der Waals surface area contributed by atoms with Crippen LogP contribution in [0.1, 0.15) is 53.8 Å². The van der Waals surface area contributed by atoms with E-state index in [2.05, 4.69) is 59.5 Å². The Morgan fingerprint density at radius 1 is 1.17 bits per heavy atom. The second kappa shape index (κ2) is 10.6. The fourth-order valence-corrected chi connectivity index (χ4v) is 3.92. The van der Waals surface area contributed by atoms with Crippen molar-refractivity contribution in [2.75, 3.05) is 26.2 Å². The van der Waals surface area contributed by atoms with Gasteiger partial charge in [-0.05, 0) is 77.6 Å². The Labute approximate surface area is 181 Å². The van der Waals surface area contributed by atoms with Crippen LogP contribution in [0, 0.1) is 33.6 Å². The van der Waals surface area contributed by atoms with Crippen LogP contribution in [0.4, 0.5) is 0 Å². The molecule has 0 radical (unpaired) electrons. The van der Waals surface area contributed by atoms with Crippen molar-refractivity contribution in [3.05, 3.63) is 52.2 Å². The van der Waals surface area contributed by atoms with Crippen LogP contribution >= 0.6 is 0 Å². The highest BCUT2D eigenvalue weighted by atomic mass is 16.4. The topological polar surface area (TPSA) is 65.7 Å². The Morgan fingerprint density at radius 3 is 2.57 bits per heavy atom. The minimum Gasteiger partial charge on any atom is -0.444 e. The van der Waals surface area contributed by atoms with Crippen LogP contribution in [-0.4, -0.2) is 42.0 Å². The fraction of sp³-hybridized carbons (Fsp3) is 0.583. The van der Waals surface area contributed by atoms with E-state index in [9.17, 15) is 0 Å². The minimum absolute atomic E-state index is 0.666. The summed E-state index contributed by atoms with van der Waals surface area (Å²) in [4.78, 5) is 11.8. The predicted octanol–water partition coefficient (Wildman–Crippen LogP) is 3.88. The van der Waals surface area contributed by atoms with E-state index < -0.39 is 0 Å². The summed E-state index contributed by atoms with van der Waals surface area (Å²) in [5, 5.41) is 6.94. The summed E-state index contributed by atoms with van der Waals surface area (Å²) in [6.07, 6.45) is 2.37. The molecule has 164 valence electrons. The molecule has 0 aliphatic carbocycles. The van der Waals surface area contributed by atoms with Gasteiger partial charge in [-0.2, -0.15) is 0 Å². The number of benzene rings is 1. The number of aliphatic imine (C=N–C) groups is 1. The number of guanidine groups is 1. The van der Waals surface area contributed by atoms with Crippen LogP contribution in [0.15, 0.2) is 27.6 Å². The highest BCUT2D eigenvalue weighted by molar-refractivity contribution is 5.79. The van der Waals surface area contributed by atoms with Crippen molar-refractivity contribution < 1.29 is 4.42 Å². The Hall–Kier alpha value is -2.34. The lowest BCUT2D eigenvalue weighted by Crippen LogP contribution is -2.42. The number of rotatable bonds is 7. The van der Waals surface area contributed by atoms with Gasteiger partial charge in [0.05, 0.1) is 18.8 Å². The Kier molecular flexibility index (Phi) is 7.91. The zero-order valence-corrected chi connectivity index (χ0v) is 19.2. The van der Waals surface area contributed by atoms with E-state index in [0.29, 0.717) is 12.5 Å². The molecule has 0 amide bonds. The van der Waals surface area contributed by atoms with E-state index in [1.807, 2.05) is 13.8 Å². The van der Waals surface area contributed by atoms with Crippen molar-refractivity contribution in [2.24, 2.45) is 10.9 Å². The Morgan fingerprint density at radius 2 is 1.93 bits per heavy atom. The molecule has 2 aromatic rings. The lowest BCUT2D eigenvalue weighted by atomic mass is 9.97. The van der Waals surface area contributed by atoms with Gasteiger partial charge >= 0.3 is 0 Å². The van der Waals surface area contributed by atoms with E-state index in [-0.39, 0.29) is 0 Å². The third-order valence-electron chi connectivity index (χ3n) is 5.95. The van der Waals surface area contributed by atoms with Crippen LogP contribution in [-0.2, 0) is 13.1 Å². The van der Waals surface area contributed by atoms with Crippen molar-refractivity contribution in [3.8, 4) is 0 Å². The van der Waals surface area contributed by atoms with Crippen molar-refractivity contribution in [2.45, 2.75) is 60.5 Å². The van der Waals surface area contributed by atoms with Crippen LogP contribution in [0.25, 0.3) is 0 Å². The highest BCUT2D eigenvalue weighted by Crippen LogP contribution is 2.19. The molecule has 1 aromatic carbocycles. The van der Waals surface area contributed by atoms with Crippen LogP contribution in [0.2, 0.25) is 0 Å².